The van der Waals surface area contributed by atoms with Crippen LogP contribution in [-0.4, -0.2) is 45.3 Å². The quantitative estimate of drug-likeness (QED) is 0.246. The minimum absolute atomic E-state index is 0.0269. The molecule has 0 radical (unpaired) electrons. The molecule has 2 rings (SSSR count). The van der Waals surface area contributed by atoms with Gasteiger partial charge in [0.15, 0.2) is 5.60 Å². The SMILES string of the molecule is CCC(O)(C(F)F)C(NC(=O)c1ccc(C#CC#Cc2ccc(CO)cc2)cc1)C(=O)NO. The fourth-order valence-electron chi connectivity index (χ4n) is 2.79. The van der Waals surface area contributed by atoms with Crippen LogP contribution < -0.4 is 10.8 Å². The number of rotatable bonds is 7. The van der Waals surface area contributed by atoms with Crippen LogP contribution in [-0.2, 0) is 11.4 Å². The molecule has 0 heterocycles. The van der Waals surface area contributed by atoms with Gasteiger partial charge in [-0.05, 0) is 60.2 Å². The molecule has 5 N–H and O–H groups in total. The molecule has 0 saturated heterocycles. The zero-order chi connectivity index (χ0) is 24.4. The van der Waals surface area contributed by atoms with Gasteiger partial charge >= 0.3 is 0 Å². The van der Waals surface area contributed by atoms with Crippen LogP contribution in [0.25, 0.3) is 0 Å². The first-order chi connectivity index (χ1) is 15.7. The highest BCUT2D eigenvalue weighted by Crippen LogP contribution is 2.25. The molecule has 0 spiro atoms. The van der Waals surface area contributed by atoms with Crippen molar-refractivity contribution < 1.29 is 33.8 Å². The first-order valence-electron chi connectivity index (χ1n) is 9.82. The van der Waals surface area contributed by atoms with Gasteiger partial charge in [-0.3, -0.25) is 14.8 Å². The molecule has 2 atom stereocenters. The zero-order valence-electron chi connectivity index (χ0n) is 17.6. The molecule has 0 fully saturated rings. The van der Waals surface area contributed by atoms with Gasteiger partial charge in [0.2, 0.25) is 0 Å². The molecule has 2 aromatic rings. The van der Waals surface area contributed by atoms with Gasteiger partial charge in [0.05, 0.1) is 6.61 Å². The van der Waals surface area contributed by atoms with Crippen LogP contribution in [0.2, 0.25) is 0 Å². The molecule has 0 aliphatic rings. The summed E-state index contributed by atoms with van der Waals surface area (Å²) in [6.07, 6.45) is -3.90. The predicted molar refractivity (Wildman–Crippen MR) is 115 cm³/mol. The van der Waals surface area contributed by atoms with E-state index in [-0.39, 0.29) is 12.2 Å². The summed E-state index contributed by atoms with van der Waals surface area (Å²) in [7, 11) is 0. The summed E-state index contributed by atoms with van der Waals surface area (Å²) in [5, 5.41) is 30.0. The minimum Gasteiger partial charge on any atom is -0.392 e. The van der Waals surface area contributed by atoms with E-state index < -0.39 is 36.3 Å². The second-order valence-corrected chi connectivity index (χ2v) is 6.96. The molecular formula is C24H22F2N2O5. The molecule has 2 aromatic carbocycles. The second-order valence-electron chi connectivity index (χ2n) is 6.96. The number of alkyl halides is 2. The van der Waals surface area contributed by atoms with E-state index in [1.54, 1.807) is 24.3 Å². The van der Waals surface area contributed by atoms with Gasteiger partial charge in [0, 0.05) is 16.7 Å². The van der Waals surface area contributed by atoms with E-state index in [9.17, 15) is 23.5 Å². The van der Waals surface area contributed by atoms with Gasteiger partial charge in [-0.1, -0.05) is 30.9 Å². The van der Waals surface area contributed by atoms with Gasteiger partial charge in [-0.25, -0.2) is 14.3 Å². The van der Waals surface area contributed by atoms with Crippen LogP contribution in [0.1, 0.15) is 40.4 Å². The normalized spacial score (nSPS) is 12.9. The lowest BCUT2D eigenvalue weighted by atomic mass is 9.90. The smallest absolute Gasteiger partial charge is 0.269 e. The summed E-state index contributed by atoms with van der Waals surface area (Å²) in [4.78, 5) is 24.2. The summed E-state index contributed by atoms with van der Waals surface area (Å²) >= 11 is 0. The Morgan fingerprint density at radius 3 is 1.94 bits per heavy atom. The second kappa shape index (κ2) is 11.7. The van der Waals surface area contributed by atoms with Crippen LogP contribution in [0.4, 0.5) is 8.78 Å². The Morgan fingerprint density at radius 2 is 1.52 bits per heavy atom. The van der Waals surface area contributed by atoms with Gasteiger partial charge in [-0.2, -0.15) is 0 Å². The van der Waals surface area contributed by atoms with Crippen molar-refractivity contribution in [2.24, 2.45) is 0 Å². The summed E-state index contributed by atoms with van der Waals surface area (Å²) < 4.78 is 26.7. The number of carbonyl (C=O) groups excluding carboxylic acids is 2. The maximum absolute atomic E-state index is 13.3. The lowest BCUT2D eigenvalue weighted by Gasteiger charge is -2.33. The number of benzene rings is 2. The van der Waals surface area contributed by atoms with Crippen molar-refractivity contribution in [2.75, 3.05) is 0 Å². The average Bonchev–Trinajstić information content (AvgIpc) is 2.84. The van der Waals surface area contributed by atoms with E-state index in [4.69, 9.17) is 10.3 Å². The van der Waals surface area contributed by atoms with E-state index >= 15 is 0 Å². The summed E-state index contributed by atoms with van der Waals surface area (Å²) in [6.45, 7) is 1.17. The third-order valence-electron chi connectivity index (χ3n) is 4.85. The highest BCUT2D eigenvalue weighted by Gasteiger charge is 2.48. The van der Waals surface area contributed by atoms with E-state index in [0.717, 1.165) is 11.1 Å². The summed E-state index contributed by atoms with van der Waals surface area (Å²) in [5.41, 5.74) is 0.365. The number of nitrogens with one attached hydrogen (secondary N) is 2. The Morgan fingerprint density at radius 1 is 1.00 bits per heavy atom. The van der Waals surface area contributed by atoms with E-state index in [2.05, 4.69) is 23.7 Å². The number of amides is 2. The van der Waals surface area contributed by atoms with Gasteiger partial charge in [0.25, 0.3) is 18.2 Å². The number of aliphatic hydroxyl groups excluding tert-OH is 1. The maximum atomic E-state index is 13.3. The van der Waals surface area contributed by atoms with E-state index in [1.807, 2.05) is 5.32 Å². The molecule has 0 aliphatic carbocycles. The number of hydrogen-bond acceptors (Lipinski definition) is 5. The molecule has 9 heteroatoms. The molecule has 0 aromatic heterocycles. The molecule has 0 aliphatic heterocycles. The first-order valence-corrected chi connectivity index (χ1v) is 9.82. The largest absolute Gasteiger partial charge is 0.392 e. The Kier molecular flexibility index (Phi) is 9.08. The minimum atomic E-state index is -3.35. The third kappa shape index (κ3) is 6.61. The molecular weight excluding hydrogens is 434 g/mol. The Labute approximate surface area is 189 Å². The van der Waals surface area contributed by atoms with Crippen molar-refractivity contribution in [3.63, 3.8) is 0 Å². The maximum Gasteiger partial charge on any atom is 0.269 e. The number of halogens is 2. The molecule has 0 bridgehead atoms. The van der Waals surface area contributed by atoms with Crippen LogP contribution in [0.5, 0.6) is 0 Å². The Bertz CT molecular complexity index is 1100. The van der Waals surface area contributed by atoms with Gasteiger partial charge in [-0.15, -0.1) is 0 Å². The Balaban J connectivity index is 2.11. The number of hydrogen-bond donors (Lipinski definition) is 5. The van der Waals surface area contributed by atoms with Crippen molar-refractivity contribution in [3.8, 4) is 23.7 Å². The van der Waals surface area contributed by atoms with Crippen LogP contribution in [0.3, 0.4) is 0 Å². The third-order valence-corrected chi connectivity index (χ3v) is 4.85. The van der Waals surface area contributed by atoms with Crippen molar-refractivity contribution in [2.45, 2.75) is 38.0 Å². The van der Waals surface area contributed by atoms with Crippen molar-refractivity contribution in [3.05, 3.63) is 70.8 Å². The van der Waals surface area contributed by atoms with Gasteiger partial charge in [0.1, 0.15) is 6.04 Å². The summed E-state index contributed by atoms with van der Waals surface area (Å²) in [5.74, 6) is 8.71. The molecule has 0 saturated carbocycles. The molecule has 33 heavy (non-hydrogen) atoms. The standard InChI is InChI=1S/C24H22F2N2O5/c1-2-24(32,23(25)26)20(22(31)28-33)27-21(30)19-13-11-17(12-14-19)6-4-3-5-16-7-9-18(15-29)10-8-16/h7-14,20,23,29,32-33H,2,15H2,1H3,(H,27,30)(H,28,31). The van der Waals surface area contributed by atoms with Gasteiger partial charge < -0.3 is 15.5 Å². The predicted octanol–water partition coefficient (Wildman–Crippen LogP) is 1.59. The van der Waals surface area contributed by atoms with Crippen LogP contribution >= 0.6 is 0 Å². The highest BCUT2D eigenvalue weighted by molar-refractivity contribution is 5.97. The molecule has 7 nitrogen and oxygen atoms in total. The monoisotopic (exact) mass is 456 g/mol. The highest BCUT2D eigenvalue weighted by atomic mass is 19.3. The number of carbonyl (C=O) groups is 2. The number of aliphatic hydroxyl groups is 2. The van der Waals surface area contributed by atoms with Crippen LogP contribution in [0.15, 0.2) is 48.5 Å². The first kappa shape index (κ1) is 25.5. The van der Waals surface area contributed by atoms with Crippen molar-refractivity contribution in [1.82, 2.24) is 10.8 Å². The van der Waals surface area contributed by atoms with Crippen molar-refractivity contribution >= 4 is 11.8 Å². The lowest BCUT2D eigenvalue weighted by Crippen LogP contribution is -2.62. The van der Waals surface area contributed by atoms with Crippen molar-refractivity contribution in [1.29, 1.82) is 0 Å². The van der Waals surface area contributed by atoms with E-state index in [1.165, 1.54) is 36.7 Å². The number of hydroxylamine groups is 1. The lowest BCUT2D eigenvalue weighted by molar-refractivity contribution is -0.154. The van der Waals surface area contributed by atoms with E-state index in [0.29, 0.717) is 5.56 Å². The fourth-order valence-corrected chi connectivity index (χ4v) is 2.79. The Hall–Kier alpha value is -3.76. The topological polar surface area (TPSA) is 119 Å². The molecule has 2 amide bonds. The fraction of sp³-hybridized carbons (Fsp3) is 0.250. The molecule has 2 unspecified atom stereocenters. The van der Waals surface area contributed by atoms with Crippen LogP contribution in [0, 0.1) is 23.7 Å². The summed E-state index contributed by atoms with van der Waals surface area (Å²) in [6, 6.07) is 10.7. The molecule has 172 valence electrons. The average molecular weight is 456 g/mol. The zero-order valence-corrected chi connectivity index (χ0v) is 17.6.